The van der Waals surface area contributed by atoms with Gasteiger partial charge in [-0.15, -0.1) is 0 Å². The number of benzene rings is 2. The van der Waals surface area contributed by atoms with E-state index in [1.54, 1.807) is 34.5 Å². The zero-order valence-corrected chi connectivity index (χ0v) is 20.3. The van der Waals surface area contributed by atoms with E-state index in [2.05, 4.69) is 10.4 Å². The predicted octanol–water partition coefficient (Wildman–Crippen LogP) is 4.28. The summed E-state index contributed by atoms with van der Waals surface area (Å²) in [6.45, 7) is 1.95. The number of rotatable bonds is 12. The van der Waals surface area contributed by atoms with E-state index < -0.39 is 11.7 Å². The van der Waals surface area contributed by atoms with E-state index in [-0.39, 0.29) is 5.91 Å². The maximum absolute atomic E-state index is 13.0. The monoisotopic (exact) mass is 516 g/mol. The highest BCUT2D eigenvalue weighted by Gasteiger charge is 2.30. The van der Waals surface area contributed by atoms with Crippen molar-refractivity contribution < 1.29 is 32.2 Å². The van der Waals surface area contributed by atoms with Crippen LogP contribution in [0.15, 0.2) is 48.7 Å². The fraction of sp³-hybridized carbons (Fsp3) is 0.346. The van der Waals surface area contributed by atoms with E-state index in [1.807, 2.05) is 6.20 Å². The van der Waals surface area contributed by atoms with Crippen molar-refractivity contribution in [3.8, 4) is 5.69 Å². The molecule has 1 amide bonds. The van der Waals surface area contributed by atoms with Crippen molar-refractivity contribution in [3.05, 3.63) is 59.8 Å². The van der Waals surface area contributed by atoms with Gasteiger partial charge in [0.15, 0.2) is 5.65 Å². The smallest absolute Gasteiger partial charge is 0.379 e. The van der Waals surface area contributed by atoms with E-state index >= 15 is 0 Å². The molecule has 0 fully saturated rings. The molecule has 196 valence electrons. The minimum atomic E-state index is -4.42. The number of carbonyl (C=O) groups excluding carboxylic acids is 2. The first-order valence-electron chi connectivity index (χ1n) is 11.8. The van der Waals surface area contributed by atoms with Crippen molar-refractivity contribution in [1.29, 1.82) is 0 Å². The highest BCUT2D eigenvalue weighted by molar-refractivity contribution is 6.10. The summed E-state index contributed by atoms with van der Waals surface area (Å²) < 4.78 is 53.3. The molecule has 2 aromatic heterocycles. The van der Waals surface area contributed by atoms with E-state index in [4.69, 9.17) is 9.47 Å². The van der Waals surface area contributed by atoms with Crippen molar-refractivity contribution in [2.24, 2.45) is 7.05 Å². The van der Waals surface area contributed by atoms with Gasteiger partial charge in [0.05, 0.1) is 30.9 Å². The quantitative estimate of drug-likeness (QED) is 0.224. The number of unbranched alkanes of at least 4 members (excludes halogenated alkanes) is 1. The number of fused-ring (bicyclic) bond motifs is 3. The molecule has 8 nitrogen and oxygen atoms in total. The number of alkyl halides is 3. The first kappa shape index (κ1) is 26.4. The largest absolute Gasteiger partial charge is 0.416 e. The van der Waals surface area contributed by atoms with E-state index in [9.17, 15) is 22.8 Å². The Morgan fingerprint density at radius 3 is 2.46 bits per heavy atom. The number of hydrogen-bond donors (Lipinski definition) is 1. The van der Waals surface area contributed by atoms with Crippen LogP contribution in [0.1, 0.15) is 28.8 Å². The Morgan fingerprint density at radius 1 is 1.03 bits per heavy atom. The number of nitrogens with zero attached hydrogens (tertiary/aromatic N) is 3. The summed E-state index contributed by atoms with van der Waals surface area (Å²) in [5.41, 5.74) is 1.56. The number of ether oxygens (including phenoxy) is 2. The Morgan fingerprint density at radius 2 is 1.76 bits per heavy atom. The molecule has 0 unspecified atom stereocenters. The Hall–Kier alpha value is -3.70. The van der Waals surface area contributed by atoms with Crippen molar-refractivity contribution >= 4 is 34.1 Å². The fourth-order valence-corrected chi connectivity index (χ4v) is 4.02. The van der Waals surface area contributed by atoms with Crippen LogP contribution < -0.4 is 5.32 Å². The molecule has 4 aromatic rings. The number of hydrogen-bond acceptors (Lipinski definition) is 5. The minimum absolute atomic E-state index is 0.269. The lowest BCUT2D eigenvalue weighted by Gasteiger charge is -2.10. The lowest BCUT2D eigenvalue weighted by atomic mass is 10.1. The van der Waals surface area contributed by atoms with E-state index in [0.29, 0.717) is 62.7 Å². The predicted molar refractivity (Wildman–Crippen MR) is 132 cm³/mol. The second kappa shape index (κ2) is 11.6. The molecule has 0 aliphatic rings. The molecule has 0 saturated carbocycles. The van der Waals surface area contributed by atoms with Crippen LogP contribution in [0.4, 0.5) is 13.2 Å². The zero-order chi connectivity index (χ0) is 26.4. The van der Waals surface area contributed by atoms with Crippen LogP contribution in [-0.2, 0) is 27.5 Å². The second-order valence-electron chi connectivity index (χ2n) is 8.44. The Balaban J connectivity index is 1.44. The minimum Gasteiger partial charge on any atom is -0.379 e. The van der Waals surface area contributed by atoms with Crippen LogP contribution in [0, 0.1) is 0 Å². The zero-order valence-electron chi connectivity index (χ0n) is 20.3. The molecule has 0 aliphatic carbocycles. The van der Waals surface area contributed by atoms with Crippen LogP contribution in [0.3, 0.4) is 0 Å². The van der Waals surface area contributed by atoms with Gasteiger partial charge in [0.2, 0.25) is 0 Å². The van der Waals surface area contributed by atoms with E-state index in [1.165, 1.54) is 12.1 Å². The molecule has 0 spiro atoms. The van der Waals surface area contributed by atoms with Gasteiger partial charge in [0.25, 0.3) is 5.91 Å². The summed E-state index contributed by atoms with van der Waals surface area (Å²) >= 11 is 0. The highest BCUT2D eigenvalue weighted by Crippen LogP contribution is 2.34. The second-order valence-corrected chi connectivity index (χ2v) is 8.44. The topological polar surface area (TPSA) is 87.4 Å². The summed E-state index contributed by atoms with van der Waals surface area (Å²) in [4.78, 5) is 23.0. The molecule has 4 rings (SSSR count). The lowest BCUT2D eigenvalue weighted by molar-refractivity contribution is -0.137. The average Bonchev–Trinajstić information content (AvgIpc) is 3.39. The van der Waals surface area contributed by atoms with Crippen LogP contribution in [0.2, 0.25) is 0 Å². The molecule has 11 heteroatoms. The van der Waals surface area contributed by atoms with Crippen LogP contribution >= 0.6 is 0 Å². The van der Waals surface area contributed by atoms with Gasteiger partial charge in [0, 0.05) is 54.8 Å². The molecule has 0 bridgehead atoms. The summed E-state index contributed by atoms with van der Waals surface area (Å²) in [7, 11) is 1.76. The highest BCUT2D eigenvalue weighted by atomic mass is 19.4. The summed E-state index contributed by atoms with van der Waals surface area (Å²) in [6, 6.07) is 10.1. The van der Waals surface area contributed by atoms with Gasteiger partial charge in [-0.3, -0.25) is 14.0 Å². The van der Waals surface area contributed by atoms with Gasteiger partial charge in [0.1, 0.15) is 6.29 Å². The van der Waals surface area contributed by atoms with Gasteiger partial charge in [-0.05, 0) is 48.9 Å². The molecule has 1 N–H and O–H groups in total. The standard InChI is InChI=1S/C26H27F3N4O4/c1-32-17-22-21-16-18(25(35)30-10-13-37-15-14-36-12-3-2-11-34)4-9-23(21)33(24(22)31-32)20-7-5-19(6-8-20)26(27,28)29/h4-9,11,16-17H,2-3,10,12-15H2,1H3,(H,30,35). The first-order chi connectivity index (χ1) is 17.8. The van der Waals surface area contributed by atoms with Crippen LogP contribution in [0.5, 0.6) is 0 Å². The fourth-order valence-electron chi connectivity index (χ4n) is 4.02. The molecule has 37 heavy (non-hydrogen) atoms. The lowest BCUT2D eigenvalue weighted by Crippen LogP contribution is -2.27. The molecule has 0 atom stereocenters. The molecule has 0 saturated heterocycles. The SMILES string of the molecule is Cn1cc2c3cc(C(=O)NCCOCCOCCCC=O)ccc3n(-c3ccc(C(F)(F)F)cc3)c2n1. The number of nitrogens with one attached hydrogen (secondary N) is 1. The average molecular weight is 517 g/mol. The van der Waals surface area contributed by atoms with Gasteiger partial charge in [-0.2, -0.15) is 18.3 Å². The van der Waals surface area contributed by atoms with Gasteiger partial charge >= 0.3 is 6.18 Å². The number of aldehydes is 1. The summed E-state index contributed by atoms with van der Waals surface area (Å²) in [5, 5.41) is 8.85. The first-order valence-corrected chi connectivity index (χ1v) is 11.8. The molecule has 0 aliphatic heterocycles. The van der Waals surface area contributed by atoms with Crippen molar-refractivity contribution in [2.45, 2.75) is 19.0 Å². The maximum Gasteiger partial charge on any atom is 0.416 e. The van der Waals surface area contributed by atoms with Gasteiger partial charge < -0.3 is 19.6 Å². The molecular weight excluding hydrogens is 489 g/mol. The Bertz CT molecular complexity index is 1380. The Labute approximate surface area is 210 Å². The van der Waals surface area contributed by atoms with Gasteiger partial charge in [-0.1, -0.05) is 0 Å². The third-order valence-electron chi connectivity index (χ3n) is 5.78. The molecular formula is C26H27F3N4O4. The molecule has 2 aromatic carbocycles. The maximum atomic E-state index is 13.0. The van der Waals surface area contributed by atoms with E-state index in [0.717, 1.165) is 34.7 Å². The number of carbonyl (C=O) groups is 2. The Kier molecular flexibility index (Phi) is 8.24. The van der Waals surface area contributed by atoms with Crippen molar-refractivity contribution in [3.63, 3.8) is 0 Å². The van der Waals surface area contributed by atoms with Crippen LogP contribution in [-0.4, -0.2) is 59.5 Å². The number of aromatic nitrogens is 3. The number of amides is 1. The molecule has 0 radical (unpaired) electrons. The van der Waals surface area contributed by atoms with Gasteiger partial charge in [-0.25, -0.2) is 0 Å². The van der Waals surface area contributed by atoms with Crippen molar-refractivity contribution in [2.75, 3.05) is 33.0 Å². The van der Waals surface area contributed by atoms with Crippen molar-refractivity contribution in [1.82, 2.24) is 19.7 Å². The third kappa shape index (κ3) is 6.17. The van der Waals surface area contributed by atoms with Crippen LogP contribution in [0.25, 0.3) is 27.6 Å². The normalized spacial score (nSPS) is 11.9. The summed E-state index contributed by atoms with van der Waals surface area (Å²) in [5.74, 6) is -0.269. The number of aryl methyl sites for hydroxylation is 1. The molecule has 2 heterocycles. The third-order valence-corrected chi connectivity index (χ3v) is 5.78. The summed E-state index contributed by atoms with van der Waals surface area (Å²) in [6.07, 6.45) is -0.590. The number of halogens is 3.